The minimum Gasteiger partial charge on any atom is -0.382 e. The summed E-state index contributed by atoms with van der Waals surface area (Å²) in [5.41, 5.74) is 5.22. The first-order chi connectivity index (χ1) is 9.11. The number of nitrogens with one attached hydrogen (secondary N) is 1. The van der Waals surface area contributed by atoms with Gasteiger partial charge in [-0.05, 0) is 66.8 Å². The lowest BCUT2D eigenvalue weighted by molar-refractivity contribution is 0.774. The maximum Gasteiger partial charge on any atom is 0.0408 e. The minimum atomic E-state index is 0.467. The van der Waals surface area contributed by atoms with Gasteiger partial charge in [0.15, 0.2) is 0 Å². The maximum absolute atomic E-state index is 6.04. The lowest BCUT2D eigenvalue weighted by Crippen LogP contribution is -2.19. The highest BCUT2D eigenvalue weighted by atomic mass is 79.9. The van der Waals surface area contributed by atoms with Crippen LogP contribution in [-0.2, 0) is 12.8 Å². The van der Waals surface area contributed by atoms with Crippen LogP contribution in [0.2, 0.25) is 5.02 Å². The lowest BCUT2D eigenvalue weighted by atomic mass is 10.1. The van der Waals surface area contributed by atoms with Crippen molar-refractivity contribution in [2.24, 2.45) is 0 Å². The number of hydrogen-bond acceptors (Lipinski definition) is 1. The van der Waals surface area contributed by atoms with E-state index >= 15 is 0 Å². The Bertz CT molecular complexity index is 624. The second-order valence-electron chi connectivity index (χ2n) is 5.13. The SMILES string of the molecule is Cc1cc(NC2Cc3ccc(Cl)cc3C2)ccc1Br. The lowest BCUT2D eigenvalue weighted by Gasteiger charge is -2.14. The number of benzene rings is 2. The van der Waals surface area contributed by atoms with Crippen molar-refractivity contribution >= 4 is 33.2 Å². The Morgan fingerprint density at radius 1 is 1.11 bits per heavy atom. The van der Waals surface area contributed by atoms with E-state index in [9.17, 15) is 0 Å². The summed E-state index contributed by atoms with van der Waals surface area (Å²) in [5, 5.41) is 4.44. The van der Waals surface area contributed by atoms with Gasteiger partial charge in [-0.15, -0.1) is 0 Å². The highest BCUT2D eigenvalue weighted by molar-refractivity contribution is 9.10. The predicted octanol–water partition coefficient (Wildman–Crippen LogP) is 4.99. The van der Waals surface area contributed by atoms with Gasteiger partial charge in [0.25, 0.3) is 0 Å². The Morgan fingerprint density at radius 2 is 1.89 bits per heavy atom. The summed E-state index contributed by atoms with van der Waals surface area (Å²) in [6, 6.07) is 13.1. The number of halogens is 2. The van der Waals surface area contributed by atoms with E-state index in [1.807, 2.05) is 6.07 Å². The first-order valence-electron chi connectivity index (χ1n) is 6.42. The Balaban J connectivity index is 1.75. The summed E-state index contributed by atoms with van der Waals surface area (Å²) in [6.45, 7) is 2.11. The third kappa shape index (κ3) is 2.80. The monoisotopic (exact) mass is 335 g/mol. The zero-order valence-electron chi connectivity index (χ0n) is 10.7. The van der Waals surface area contributed by atoms with Crippen LogP contribution >= 0.6 is 27.5 Å². The van der Waals surface area contributed by atoms with Gasteiger partial charge in [0.1, 0.15) is 0 Å². The van der Waals surface area contributed by atoms with Crippen LogP contribution in [0, 0.1) is 6.92 Å². The fourth-order valence-electron chi connectivity index (χ4n) is 2.66. The molecule has 0 fully saturated rings. The first kappa shape index (κ1) is 13.0. The van der Waals surface area contributed by atoms with Gasteiger partial charge in [-0.1, -0.05) is 33.6 Å². The molecule has 0 aliphatic heterocycles. The van der Waals surface area contributed by atoms with E-state index in [1.54, 1.807) is 0 Å². The molecule has 98 valence electrons. The highest BCUT2D eigenvalue weighted by Gasteiger charge is 2.21. The molecule has 1 nitrogen and oxygen atoms in total. The number of rotatable bonds is 2. The number of hydrogen-bond donors (Lipinski definition) is 1. The molecule has 2 aromatic rings. The zero-order chi connectivity index (χ0) is 13.4. The van der Waals surface area contributed by atoms with Crippen LogP contribution in [0.25, 0.3) is 0 Å². The summed E-state index contributed by atoms with van der Waals surface area (Å²) in [6.07, 6.45) is 2.12. The third-order valence-electron chi connectivity index (χ3n) is 3.63. The van der Waals surface area contributed by atoms with E-state index in [0.29, 0.717) is 6.04 Å². The molecule has 1 aliphatic rings. The molecule has 0 aromatic heterocycles. The number of fused-ring (bicyclic) bond motifs is 1. The van der Waals surface area contributed by atoms with Crippen LogP contribution in [0.15, 0.2) is 40.9 Å². The summed E-state index contributed by atoms with van der Waals surface area (Å²) in [7, 11) is 0. The van der Waals surface area contributed by atoms with E-state index in [1.165, 1.54) is 22.4 Å². The zero-order valence-corrected chi connectivity index (χ0v) is 13.1. The van der Waals surface area contributed by atoms with Crippen LogP contribution in [0.1, 0.15) is 16.7 Å². The van der Waals surface area contributed by atoms with E-state index in [0.717, 1.165) is 22.3 Å². The Morgan fingerprint density at radius 3 is 2.68 bits per heavy atom. The molecule has 0 radical (unpaired) electrons. The largest absolute Gasteiger partial charge is 0.382 e. The molecule has 3 rings (SSSR count). The molecule has 19 heavy (non-hydrogen) atoms. The van der Waals surface area contributed by atoms with Gasteiger partial charge in [-0.25, -0.2) is 0 Å². The normalized spacial score (nSPS) is 17.3. The molecule has 3 heteroatoms. The molecule has 0 bridgehead atoms. The molecular weight excluding hydrogens is 322 g/mol. The molecule has 0 heterocycles. The minimum absolute atomic E-state index is 0.467. The van der Waals surface area contributed by atoms with Gasteiger partial charge in [0, 0.05) is 21.2 Å². The van der Waals surface area contributed by atoms with Crippen molar-refractivity contribution in [3.63, 3.8) is 0 Å². The fourth-order valence-corrected chi connectivity index (χ4v) is 3.10. The number of anilines is 1. The van der Waals surface area contributed by atoms with Gasteiger partial charge < -0.3 is 5.32 Å². The maximum atomic E-state index is 6.04. The highest BCUT2D eigenvalue weighted by Crippen LogP contribution is 2.28. The molecule has 1 unspecified atom stereocenters. The second-order valence-corrected chi connectivity index (χ2v) is 6.42. The summed E-state index contributed by atoms with van der Waals surface area (Å²) in [4.78, 5) is 0. The van der Waals surface area contributed by atoms with E-state index in [-0.39, 0.29) is 0 Å². The molecule has 1 aliphatic carbocycles. The van der Waals surface area contributed by atoms with Crippen molar-refractivity contribution in [3.8, 4) is 0 Å². The van der Waals surface area contributed by atoms with Crippen LogP contribution in [0.5, 0.6) is 0 Å². The molecule has 0 amide bonds. The molecule has 0 saturated carbocycles. The molecular formula is C16H15BrClN. The third-order valence-corrected chi connectivity index (χ3v) is 4.75. The van der Waals surface area contributed by atoms with Crippen molar-refractivity contribution < 1.29 is 0 Å². The molecule has 1 atom stereocenters. The van der Waals surface area contributed by atoms with E-state index < -0.39 is 0 Å². The van der Waals surface area contributed by atoms with Gasteiger partial charge >= 0.3 is 0 Å². The standard InChI is InChI=1S/C16H15BrClN/c1-10-6-14(4-5-16(10)17)19-15-8-11-2-3-13(18)7-12(11)9-15/h2-7,15,19H,8-9H2,1H3. The smallest absolute Gasteiger partial charge is 0.0408 e. The Hall–Kier alpha value is -0.990. The van der Waals surface area contributed by atoms with Gasteiger partial charge in [0.05, 0.1) is 0 Å². The average Bonchev–Trinajstić information content (AvgIpc) is 2.75. The molecule has 2 aromatic carbocycles. The van der Waals surface area contributed by atoms with Crippen molar-refractivity contribution in [3.05, 3.63) is 62.6 Å². The van der Waals surface area contributed by atoms with Crippen molar-refractivity contribution in [2.75, 3.05) is 5.32 Å². The first-order valence-corrected chi connectivity index (χ1v) is 7.59. The summed E-state index contributed by atoms with van der Waals surface area (Å²) in [5.74, 6) is 0. The topological polar surface area (TPSA) is 12.0 Å². The van der Waals surface area contributed by atoms with Crippen LogP contribution in [0.4, 0.5) is 5.69 Å². The van der Waals surface area contributed by atoms with Gasteiger partial charge in [-0.3, -0.25) is 0 Å². The Kier molecular flexibility index (Phi) is 3.55. The second kappa shape index (κ2) is 5.18. The average molecular weight is 337 g/mol. The van der Waals surface area contributed by atoms with Crippen molar-refractivity contribution in [2.45, 2.75) is 25.8 Å². The number of aryl methyl sites for hydroxylation is 1. The predicted molar refractivity (Wildman–Crippen MR) is 85.1 cm³/mol. The van der Waals surface area contributed by atoms with Crippen molar-refractivity contribution in [1.29, 1.82) is 0 Å². The molecule has 1 N–H and O–H groups in total. The molecule has 0 saturated heterocycles. The molecule has 0 spiro atoms. The van der Waals surface area contributed by atoms with Gasteiger partial charge in [0.2, 0.25) is 0 Å². The van der Waals surface area contributed by atoms with E-state index in [2.05, 4.69) is 58.5 Å². The summed E-state index contributed by atoms with van der Waals surface area (Å²) >= 11 is 9.57. The van der Waals surface area contributed by atoms with Gasteiger partial charge in [-0.2, -0.15) is 0 Å². The fraction of sp³-hybridized carbons (Fsp3) is 0.250. The van der Waals surface area contributed by atoms with Crippen molar-refractivity contribution in [1.82, 2.24) is 0 Å². The van der Waals surface area contributed by atoms with Crippen LogP contribution < -0.4 is 5.32 Å². The Labute approximate surface area is 127 Å². The van der Waals surface area contributed by atoms with E-state index in [4.69, 9.17) is 11.6 Å². The van der Waals surface area contributed by atoms with Crippen LogP contribution in [0.3, 0.4) is 0 Å². The quantitative estimate of drug-likeness (QED) is 0.814. The summed E-state index contributed by atoms with van der Waals surface area (Å²) < 4.78 is 1.15. The van der Waals surface area contributed by atoms with Crippen LogP contribution in [-0.4, -0.2) is 6.04 Å².